The van der Waals surface area contributed by atoms with Crippen LogP contribution in [0, 0.1) is 6.92 Å². The van der Waals surface area contributed by atoms with E-state index in [9.17, 15) is 4.79 Å². The van der Waals surface area contributed by atoms with Crippen LogP contribution in [-0.4, -0.2) is 37.1 Å². The lowest BCUT2D eigenvalue weighted by molar-refractivity contribution is 0.0301. The van der Waals surface area contributed by atoms with Crippen LogP contribution >= 0.6 is 0 Å². The summed E-state index contributed by atoms with van der Waals surface area (Å²) in [5, 5.41) is 0. The average molecular weight is 195 g/mol. The van der Waals surface area contributed by atoms with E-state index in [1.807, 2.05) is 0 Å². The molecule has 0 N–H and O–H groups in total. The predicted molar refractivity (Wildman–Crippen MR) is 50.2 cm³/mol. The summed E-state index contributed by atoms with van der Waals surface area (Å²) >= 11 is 0. The highest BCUT2D eigenvalue weighted by Gasteiger charge is 2.20. The van der Waals surface area contributed by atoms with Crippen LogP contribution in [-0.2, 0) is 4.74 Å². The zero-order valence-electron chi connectivity index (χ0n) is 8.16. The monoisotopic (exact) mass is 195 g/mol. The fourth-order valence-corrected chi connectivity index (χ4v) is 1.54. The number of rotatable bonds is 1. The van der Waals surface area contributed by atoms with Crippen LogP contribution < -0.4 is 0 Å². The molecule has 0 saturated carbocycles. The van der Waals surface area contributed by atoms with E-state index in [1.54, 1.807) is 24.2 Å². The number of furan rings is 1. The van der Waals surface area contributed by atoms with Crippen molar-refractivity contribution in [1.82, 2.24) is 4.90 Å². The van der Waals surface area contributed by atoms with E-state index in [2.05, 4.69) is 0 Å². The minimum absolute atomic E-state index is 0.0413. The molecule has 14 heavy (non-hydrogen) atoms. The van der Waals surface area contributed by atoms with Gasteiger partial charge in [-0.3, -0.25) is 4.79 Å². The number of nitrogens with zero attached hydrogens (tertiary/aromatic N) is 1. The molecule has 1 aromatic heterocycles. The van der Waals surface area contributed by atoms with E-state index in [0.717, 1.165) is 0 Å². The average Bonchev–Trinajstić information content (AvgIpc) is 2.65. The first kappa shape index (κ1) is 9.27. The summed E-state index contributed by atoms with van der Waals surface area (Å²) in [7, 11) is 0. The molecule has 1 saturated heterocycles. The normalized spacial score (nSPS) is 17.1. The van der Waals surface area contributed by atoms with Crippen LogP contribution in [0.1, 0.15) is 16.1 Å². The Labute approximate surface area is 82.4 Å². The Morgan fingerprint density at radius 1 is 1.43 bits per heavy atom. The largest absolute Gasteiger partial charge is 0.469 e. The predicted octanol–water partition coefficient (Wildman–Crippen LogP) is 1.06. The number of hydrogen-bond donors (Lipinski definition) is 0. The molecule has 76 valence electrons. The summed E-state index contributed by atoms with van der Waals surface area (Å²) in [4.78, 5) is 13.7. The molecule has 0 aromatic carbocycles. The summed E-state index contributed by atoms with van der Waals surface area (Å²) in [6, 6.07) is 1.72. The third-order valence-electron chi connectivity index (χ3n) is 2.39. The number of morpholine rings is 1. The highest BCUT2D eigenvalue weighted by atomic mass is 16.5. The SMILES string of the molecule is Cc1occc1C(=O)N1CCOCC1. The molecule has 4 heteroatoms. The highest BCUT2D eigenvalue weighted by molar-refractivity contribution is 5.95. The number of ether oxygens (including phenoxy) is 1. The van der Waals surface area contributed by atoms with Gasteiger partial charge in [0.25, 0.3) is 5.91 Å². The molecule has 2 rings (SSSR count). The molecule has 1 fully saturated rings. The van der Waals surface area contributed by atoms with Crippen LogP contribution in [0.15, 0.2) is 16.7 Å². The molecule has 0 aliphatic carbocycles. The second-order valence-corrected chi connectivity index (χ2v) is 3.30. The molecule has 1 aliphatic heterocycles. The van der Waals surface area contributed by atoms with Crippen molar-refractivity contribution < 1.29 is 13.9 Å². The fraction of sp³-hybridized carbons (Fsp3) is 0.500. The molecule has 0 bridgehead atoms. The van der Waals surface area contributed by atoms with Gasteiger partial charge in [0, 0.05) is 13.1 Å². The Kier molecular flexibility index (Phi) is 2.54. The maximum Gasteiger partial charge on any atom is 0.257 e. The molecule has 1 aromatic rings. The van der Waals surface area contributed by atoms with E-state index >= 15 is 0 Å². The summed E-state index contributed by atoms with van der Waals surface area (Å²) in [6.07, 6.45) is 1.54. The Morgan fingerprint density at radius 2 is 2.14 bits per heavy atom. The molecule has 0 unspecified atom stereocenters. The smallest absolute Gasteiger partial charge is 0.257 e. The number of carbonyl (C=O) groups excluding carboxylic acids is 1. The zero-order valence-corrected chi connectivity index (χ0v) is 8.16. The van der Waals surface area contributed by atoms with Crippen molar-refractivity contribution in [2.45, 2.75) is 6.92 Å². The van der Waals surface area contributed by atoms with Crippen LogP contribution in [0.5, 0.6) is 0 Å². The molecular weight excluding hydrogens is 182 g/mol. The summed E-state index contributed by atoms with van der Waals surface area (Å²) in [5.74, 6) is 0.723. The van der Waals surface area contributed by atoms with E-state index in [-0.39, 0.29) is 5.91 Å². The second kappa shape index (κ2) is 3.84. The molecule has 1 aliphatic rings. The Hall–Kier alpha value is -1.29. The van der Waals surface area contributed by atoms with Gasteiger partial charge in [-0.15, -0.1) is 0 Å². The minimum atomic E-state index is 0.0413. The Morgan fingerprint density at radius 3 is 2.71 bits per heavy atom. The van der Waals surface area contributed by atoms with E-state index in [4.69, 9.17) is 9.15 Å². The van der Waals surface area contributed by atoms with Crippen molar-refractivity contribution in [2.24, 2.45) is 0 Å². The first-order valence-corrected chi connectivity index (χ1v) is 4.70. The van der Waals surface area contributed by atoms with Crippen LogP contribution in [0.4, 0.5) is 0 Å². The first-order chi connectivity index (χ1) is 6.79. The molecule has 0 radical (unpaired) electrons. The van der Waals surface area contributed by atoms with Gasteiger partial charge in [-0.25, -0.2) is 0 Å². The number of hydrogen-bond acceptors (Lipinski definition) is 3. The van der Waals surface area contributed by atoms with Crippen molar-refractivity contribution >= 4 is 5.91 Å². The van der Waals surface area contributed by atoms with Crippen LogP contribution in [0.25, 0.3) is 0 Å². The van der Waals surface area contributed by atoms with Crippen molar-refractivity contribution in [3.8, 4) is 0 Å². The molecule has 1 amide bonds. The molecule has 2 heterocycles. The lowest BCUT2D eigenvalue weighted by atomic mass is 10.2. The maximum absolute atomic E-state index is 11.9. The highest BCUT2D eigenvalue weighted by Crippen LogP contribution is 2.12. The van der Waals surface area contributed by atoms with Gasteiger partial charge in [0.2, 0.25) is 0 Å². The first-order valence-electron chi connectivity index (χ1n) is 4.70. The summed E-state index contributed by atoms with van der Waals surface area (Å²) < 4.78 is 10.3. The number of aryl methyl sites for hydroxylation is 1. The topological polar surface area (TPSA) is 42.7 Å². The van der Waals surface area contributed by atoms with Gasteiger partial charge in [0.15, 0.2) is 0 Å². The quantitative estimate of drug-likeness (QED) is 0.673. The van der Waals surface area contributed by atoms with Gasteiger partial charge >= 0.3 is 0 Å². The Bertz CT molecular complexity index is 326. The standard InChI is InChI=1S/C10H13NO3/c1-8-9(2-5-14-8)10(12)11-3-6-13-7-4-11/h2,5H,3-4,6-7H2,1H3. The summed E-state index contributed by atoms with van der Waals surface area (Å²) in [6.45, 7) is 4.39. The molecule has 0 spiro atoms. The molecular formula is C10H13NO3. The lowest BCUT2D eigenvalue weighted by Crippen LogP contribution is -2.40. The van der Waals surface area contributed by atoms with Gasteiger partial charge in [0.1, 0.15) is 5.76 Å². The third-order valence-corrected chi connectivity index (χ3v) is 2.39. The number of amides is 1. The summed E-state index contributed by atoms with van der Waals surface area (Å²) in [5.41, 5.74) is 0.659. The Balaban J connectivity index is 2.11. The van der Waals surface area contributed by atoms with Crippen molar-refractivity contribution in [3.63, 3.8) is 0 Å². The zero-order chi connectivity index (χ0) is 9.97. The second-order valence-electron chi connectivity index (χ2n) is 3.30. The minimum Gasteiger partial charge on any atom is -0.469 e. The van der Waals surface area contributed by atoms with E-state index in [1.165, 1.54) is 0 Å². The third kappa shape index (κ3) is 1.65. The lowest BCUT2D eigenvalue weighted by Gasteiger charge is -2.26. The molecule has 0 atom stereocenters. The van der Waals surface area contributed by atoms with Gasteiger partial charge < -0.3 is 14.1 Å². The fourth-order valence-electron chi connectivity index (χ4n) is 1.54. The molecule has 4 nitrogen and oxygen atoms in total. The van der Waals surface area contributed by atoms with Gasteiger partial charge in [0.05, 0.1) is 25.0 Å². The van der Waals surface area contributed by atoms with Crippen molar-refractivity contribution in [1.29, 1.82) is 0 Å². The van der Waals surface area contributed by atoms with Crippen LogP contribution in [0.3, 0.4) is 0 Å². The van der Waals surface area contributed by atoms with E-state index < -0.39 is 0 Å². The maximum atomic E-state index is 11.9. The van der Waals surface area contributed by atoms with Gasteiger partial charge in [-0.1, -0.05) is 0 Å². The van der Waals surface area contributed by atoms with Crippen molar-refractivity contribution in [2.75, 3.05) is 26.3 Å². The number of carbonyl (C=O) groups is 1. The van der Waals surface area contributed by atoms with Crippen LogP contribution in [0.2, 0.25) is 0 Å². The van der Waals surface area contributed by atoms with E-state index in [0.29, 0.717) is 37.6 Å². The van der Waals surface area contributed by atoms with Crippen molar-refractivity contribution in [3.05, 3.63) is 23.7 Å². The van der Waals surface area contributed by atoms with Gasteiger partial charge in [-0.2, -0.15) is 0 Å². The van der Waals surface area contributed by atoms with Gasteiger partial charge in [-0.05, 0) is 13.0 Å².